The van der Waals surface area contributed by atoms with Crippen molar-refractivity contribution in [2.24, 2.45) is 0 Å². The maximum atomic E-state index is 11.0. The summed E-state index contributed by atoms with van der Waals surface area (Å²) in [6.45, 7) is 3.52. The Morgan fingerprint density at radius 1 is 1.39 bits per heavy atom. The predicted molar refractivity (Wildman–Crippen MR) is 66.0 cm³/mol. The molecule has 0 saturated carbocycles. The molecular formula is C10H15N3O4S. The Bertz CT molecular complexity index is 435. The number of aryl methyl sites for hydroxylation is 1. The highest BCUT2D eigenvalue weighted by molar-refractivity contribution is 7.15. The van der Waals surface area contributed by atoms with Crippen molar-refractivity contribution in [2.75, 3.05) is 11.4 Å². The highest BCUT2D eigenvalue weighted by Gasteiger charge is 2.24. The standard InChI is InChI=1S/C10H15N3O4S/c1-3-7-11-12-10(18-7)13(5-4-8(14)15)6(2)9(16)17/h6H,3-5H2,1-2H3,(H,14,15)(H,16,17). The second-order valence-electron chi connectivity index (χ2n) is 3.68. The number of carboxylic acid groups (broad SMARTS) is 2. The second-order valence-corrected chi connectivity index (χ2v) is 4.72. The van der Waals surface area contributed by atoms with Gasteiger partial charge in [0, 0.05) is 6.54 Å². The molecule has 1 aromatic rings. The molecule has 0 spiro atoms. The van der Waals surface area contributed by atoms with Crippen molar-refractivity contribution in [3.63, 3.8) is 0 Å². The van der Waals surface area contributed by atoms with E-state index in [9.17, 15) is 9.59 Å². The number of hydrogen-bond acceptors (Lipinski definition) is 6. The molecule has 100 valence electrons. The molecule has 0 aliphatic rings. The number of nitrogens with zero attached hydrogens (tertiary/aromatic N) is 3. The fourth-order valence-corrected chi connectivity index (χ4v) is 2.19. The normalized spacial score (nSPS) is 12.1. The summed E-state index contributed by atoms with van der Waals surface area (Å²) in [5.41, 5.74) is 0. The number of anilines is 1. The first-order valence-electron chi connectivity index (χ1n) is 5.49. The van der Waals surface area contributed by atoms with Gasteiger partial charge in [-0.25, -0.2) is 4.79 Å². The van der Waals surface area contributed by atoms with E-state index in [0.717, 1.165) is 5.01 Å². The largest absolute Gasteiger partial charge is 0.481 e. The Balaban J connectivity index is 2.88. The SMILES string of the molecule is CCc1nnc(N(CCC(=O)O)C(C)C(=O)O)s1. The van der Waals surface area contributed by atoms with E-state index in [0.29, 0.717) is 11.6 Å². The van der Waals surface area contributed by atoms with E-state index in [1.54, 1.807) is 0 Å². The minimum absolute atomic E-state index is 0.0984. The summed E-state index contributed by atoms with van der Waals surface area (Å²) in [7, 11) is 0. The van der Waals surface area contributed by atoms with Crippen LogP contribution in [-0.4, -0.2) is 44.9 Å². The lowest BCUT2D eigenvalue weighted by molar-refractivity contribution is -0.139. The van der Waals surface area contributed by atoms with Crippen LogP contribution < -0.4 is 4.90 Å². The molecule has 0 radical (unpaired) electrons. The number of carbonyl (C=O) groups is 2. The fourth-order valence-electron chi connectivity index (χ4n) is 1.31. The molecule has 0 saturated heterocycles. The first-order chi connectivity index (χ1) is 8.45. The van der Waals surface area contributed by atoms with Crippen molar-refractivity contribution in [1.29, 1.82) is 0 Å². The van der Waals surface area contributed by atoms with E-state index < -0.39 is 18.0 Å². The minimum atomic E-state index is -1.02. The summed E-state index contributed by atoms with van der Waals surface area (Å²) in [6.07, 6.45) is 0.574. The van der Waals surface area contributed by atoms with E-state index in [1.807, 2.05) is 6.92 Å². The van der Waals surface area contributed by atoms with Gasteiger partial charge in [-0.05, 0) is 13.3 Å². The molecule has 0 aliphatic heterocycles. The van der Waals surface area contributed by atoms with Crippen LogP contribution in [0.15, 0.2) is 0 Å². The number of rotatable bonds is 7. The summed E-state index contributed by atoms with van der Waals surface area (Å²) >= 11 is 1.29. The lowest BCUT2D eigenvalue weighted by atomic mass is 10.3. The van der Waals surface area contributed by atoms with Crippen LogP contribution in [0.1, 0.15) is 25.3 Å². The van der Waals surface area contributed by atoms with Gasteiger partial charge in [-0.2, -0.15) is 0 Å². The van der Waals surface area contributed by atoms with Gasteiger partial charge in [-0.1, -0.05) is 18.3 Å². The van der Waals surface area contributed by atoms with Crippen LogP contribution in [0.2, 0.25) is 0 Å². The molecule has 1 unspecified atom stereocenters. The van der Waals surface area contributed by atoms with Crippen molar-refractivity contribution >= 4 is 28.4 Å². The van der Waals surface area contributed by atoms with Gasteiger partial charge in [-0.15, -0.1) is 10.2 Å². The molecule has 1 atom stereocenters. The van der Waals surface area contributed by atoms with Crippen LogP contribution >= 0.6 is 11.3 Å². The van der Waals surface area contributed by atoms with Crippen LogP contribution in [0, 0.1) is 0 Å². The summed E-state index contributed by atoms with van der Waals surface area (Å²) < 4.78 is 0. The van der Waals surface area contributed by atoms with Crippen molar-refractivity contribution in [3.8, 4) is 0 Å². The van der Waals surface area contributed by atoms with Gasteiger partial charge in [0.2, 0.25) is 5.13 Å². The molecule has 0 aliphatic carbocycles. The molecule has 0 fully saturated rings. The van der Waals surface area contributed by atoms with Gasteiger partial charge in [0.1, 0.15) is 11.0 Å². The minimum Gasteiger partial charge on any atom is -0.481 e. The van der Waals surface area contributed by atoms with Gasteiger partial charge >= 0.3 is 11.9 Å². The predicted octanol–water partition coefficient (Wildman–Crippen LogP) is 0.855. The highest BCUT2D eigenvalue weighted by Crippen LogP contribution is 2.23. The first kappa shape index (κ1) is 14.4. The zero-order valence-electron chi connectivity index (χ0n) is 10.2. The number of aromatic nitrogens is 2. The van der Waals surface area contributed by atoms with Crippen molar-refractivity contribution < 1.29 is 19.8 Å². The summed E-state index contributed by atoms with van der Waals surface area (Å²) in [5, 5.41) is 26.7. The Labute approximate surface area is 108 Å². The molecule has 1 heterocycles. The third-order valence-electron chi connectivity index (χ3n) is 2.40. The number of carboxylic acids is 2. The zero-order valence-corrected chi connectivity index (χ0v) is 11.0. The number of aliphatic carboxylic acids is 2. The van der Waals surface area contributed by atoms with E-state index >= 15 is 0 Å². The van der Waals surface area contributed by atoms with Gasteiger partial charge in [0.15, 0.2) is 0 Å². The Morgan fingerprint density at radius 2 is 2.06 bits per heavy atom. The molecule has 7 nitrogen and oxygen atoms in total. The maximum Gasteiger partial charge on any atom is 0.326 e. The Kier molecular flexibility index (Phi) is 5.02. The lowest BCUT2D eigenvalue weighted by Gasteiger charge is -2.24. The fraction of sp³-hybridized carbons (Fsp3) is 0.600. The van der Waals surface area contributed by atoms with Crippen molar-refractivity contribution in [1.82, 2.24) is 10.2 Å². The zero-order chi connectivity index (χ0) is 13.7. The first-order valence-corrected chi connectivity index (χ1v) is 6.31. The van der Waals surface area contributed by atoms with Crippen molar-refractivity contribution in [3.05, 3.63) is 5.01 Å². The molecule has 0 aromatic carbocycles. The average Bonchev–Trinajstić information content (AvgIpc) is 2.77. The number of hydrogen-bond donors (Lipinski definition) is 2. The molecule has 2 N–H and O–H groups in total. The second kappa shape index (κ2) is 6.29. The van der Waals surface area contributed by atoms with Gasteiger partial charge in [0.05, 0.1) is 6.42 Å². The van der Waals surface area contributed by atoms with Crippen LogP contribution in [0.4, 0.5) is 5.13 Å². The molecule has 1 rings (SSSR count). The van der Waals surface area contributed by atoms with E-state index in [1.165, 1.54) is 23.2 Å². The summed E-state index contributed by atoms with van der Waals surface area (Å²) in [5.74, 6) is -1.99. The highest BCUT2D eigenvalue weighted by atomic mass is 32.1. The smallest absolute Gasteiger partial charge is 0.326 e. The molecule has 0 amide bonds. The topological polar surface area (TPSA) is 104 Å². The van der Waals surface area contributed by atoms with Crippen LogP contribution in [0.5, 0.6) is 0 Å². The summed E-state index contributed by atoms with van der Waals surface area (Å²) in [4.78, 5) is 23.0. The monoisotopic (exact) mass is 273 g/mol. The summed E-state index contributed by atoms with van der Waals surface area (Å²) in [6, 6.07) is -0.831. The molecule has 1 aromatic heterocycles. The third kappa shape index (κ3) is 3.66. The average molecular weight is 273 g/mol. The van der Waals surface area contributed by atoms with Gasteiger partial charge in [0.25, 0.3) is 0 Å². The van der Waals surface area contributed by atoms with Gasteiger partial charge in [-0.3, -0.25) is 4.79 Å². The van der Waals surface area contributed by atoms with E-state index in [-0.39, 0.29) is 13.0 Å². The molecule has 8 heteroatoms. The molecule has 18 heavy (non-hydrogen) atoms. The lowest BCUT2D eigenvalue weighted by Crippen LogP contribution is -2.40. The van der Waals surface area contributed by atoms with Crippen LogP contribution in [-0.2, 0) is 16.0 Å². The van der Waals surface area contributed by atoms with Crippen LogP contribution in [0.3, 0.4) is 0 Å². The van der Waals surface area contributed by atoms with Crippen LogP contribution in [0.25, 0.3) is 0 Å². The Hall–Kier alpha value is -1.70. The molecule has 0 bridgehead atoms. The Morgan fingerprint density at radius 3 is 2.50 bits per heavy atom. The third-order valence-corrected chi connectivity index (χ3v) is 3.50. The quantitative estimate of drug-likeness (QED) is 0.759. The molecular weight excluding hydrogens is 258 g/mol. The maximum absolute atomic E-state index is 11.0. The van der Waals surface area contributed by atoms with Gasteiger partial charge < -0.3 is 15.1 Å². The van der Waals surface area contributed by atoms with E-state index in [4.69, 9.17) is 10.2 Å². The van der Waals surface area contributed by atoms with E-state index in [2.05, 4.69) is 10.2 Å². The van der Waals surface area contributed by atoms with Crippen molar-refractivity contribution in [2.45, 2.75) is 32.7 Å².